The Hall–Kier alpha value is -1.91. The molecule has 0 bridgehead atoms. The number of halogens is 2. The molecule has 116 valence electrons. The van der Waals surface area contributed by atoms with Crippen molar-refractivity contribution >= 4 is 34.8 Å². The second kappa shape index (κ2) is 7.92. The van der Waals surface area contributed by atoms with Gasteiger partial charge in [-0.2, -0.15) is 0 Å². The number of para-hydroxylation sites is 2. The van der Waals surface area contributed by atoms with E-state index < -0.39 is 0 Å². The highest BCUT2D eigenvalue weighted by molar-refractivity contribution is 6.42. The fraction of sp³-hybridized carbons (Fsp3) is 0.188. The number of rotatable bonds is 6. The largest absolute Gasteiger partial charge is 0.493 e. The standard InChI is InChI=1S/C16H15Cl2NO3/c1-21-14-4-2-3-5-15(14)22-9-8-16(20)19-11-6-7-12(17)13(18)10-11/h2-7,10H,8-9H2,1H3,(H,19,20). The topological polar surface area (TPSA) is 47.6 Å². The van der Waals surface area contributed by atoms with Gasteiger partial charge in [0.05, 0.1) is 30.2 Å². The zero-order chi connectivity index (χ0) is 15.9. The van der Waals surface area contributed by atoms with Gasteiger partial charge in [0, 0.05) is 5.69 Å². The predicted octanol–water partition coefficient (Wildman–Crippen LogP) is 4.41. The van der Waals surface area contributed by atoms with Crippen LogP contribution in [0.2, 0.25) is 10.0 Å². The Morgan fingerprint density at radius 2 is 1.82 bits per heavy atom. The summed E-state index contributed by atoms with van der Waals surface area (Å²) in [6.45, 7) is 0.244. The molecular weight excluding hydrogens is 325 g/mol. The van der Waals surface area contributed by atoms with E-state index >= 15 is 0 Å². The molecule has 0 aliphatic rings. The summed E-state index contributed by atoms with van der Waals surface area (Å²) in [5.41, 5.74) is 0.594. The van der Waals surface area contributed by atoms with Gasteiger partial charge >= 0.3 is 0 Å². The Morgan fingerprint density at radius 3 is 2.50 bits per heavy atom. The number of methoxy groups -OCH3 is 1. The Kier molecular flexibility index (Phi) is 5.92. The van der Waals surface area contributed by atoms with Gasteiger partial charge in [0.2, 0.25) is 5.91 Å². The molecule has 4 nitrogen and oxygen atoms in total. The summed E-state index contributed by atoms with van der Waals surface area (Å²) in [5, 5.41) is 3.57. The van der Waals surface area contributed by atoms with Crippen molar-refractivity contribution in [1.82, 2.24) is 0 Å². The number of benzene rings is 2. The van der Waals surface area contributed by atoms with Gasteiger partial charge in [-0.25, -0.2) is 0 Å². The minimum absolute atomic E-state index is 0.173. The number of ether oxygens (including phenoxy) is 2. The smallest absolute Gasteiger partial charge is 0.227 e. The maximum Gasteiger partial charge on any atom is 0.227 e. The van der Waals surface area contributed by atoms with E-state index in [0.717, 1.165) is 0 Å². The molecule has 0 saturated carbocycles. The number of carbonyl (C=O) groups is 1. The first-order valence-electron chi connectivity index (χ1n) is 6.61. The van der Waals surface area contributed by atoms with Crippen LogP contribution in [-0.2, 0) is 4.79 Å². The van der Waals surface area contributed by atoms with Gasteiger partial charge in [0.25, 0.3) is 0 Å². The molecule has 2 rings (SSSR count). The molecule has 0 heterocycles. The molecule has 0 aliphatic heterocycles. The van der Waals surface area contributed by atoms with Crippen molar-refractivity contribution in [2.45, 2.75) is 6.42 Å². The maximum absolute atomic E-state index is 11.9. The quantitative estimate of drug-likeness (QED) is 0.847. The fourth-order valence-corrected chi connectivity index (χ4v) is 2.09. The molecule has 0 radical (unpaired) electrons. The van der Waals surface area contributed by atoms with E-state index in [9.17, 15) is 4.79 Å². The SMILES string of the molecule is COc1ccccc1OCCC(=O)Nc1ccc(Cl)c(Cl)c1. The van der Waals surface area contributed by atoms with Crippen molar-refractivity contribution in [1.29, 1.82) is 0 Å². The minimum Gasteiger partial charge on any atom is -0.493 e. The van der Waals surface area contributed by atoms with Crippen molar-refractivity contribution in [2.75, 3.05) is 19.0 Å². The number of carbonyl (C=O) groups excluding carboxylic acids is 1. The third-order valence-corrected chi connectivity index (χ3v) is 3.60. The summed E-state index contributed by atoms with van der Waals surface area (Å²) in [7, 11) is 1.57. The fourth-order valence-electron chi connectivity index (χ4n) is 1.79. The van der Waals surface area contributed by atoms with E-state index in [-0.39, 0.29) is 18.9 Å². The lowest BCUT2D eigenvalue weighted by molar-refractivity contribution is -0.116. The van der Waals surface area contributed by atoms with Crippen LogP contribution in [0.25, 0.3) is 0 Å². The molecule has 0 fully saturated rings. The summed E-state index contributed by atoms with van der Waals surface area (Å²) in [5.74, 6) is 1.06. The Balaban J connectivity index is 1.84. The highest BCUT2D eigenvalue weighted by Gasteiger charge is 2.07. The molecule has 0 saturated heterocycles. The third kappa shape index (κ3) is 4.55. The van der Waals surface area contributed by atoms with Crippen LogP contribution < -0.4 is 14.8 Å². The van der Waals surface area contributed by atoms with Crippen LogP contribution in [-0.4, -0.2) is 19.6 Å². The molecule has 2 aromatic carbocycles. The van der Waals surface area contributed by atoms with Crippen molar-refractivity contribution < 1.29 is 14.3 Å². The van der Waals surface area contributed by atoms with Gasteiger partial charge in [-0.3, -0.25) is 4.79 Å². The van der Waals surface area contributed by atoms with Gasteiger partial charge in [-0.05, 0) is 30.3 Å². The van der Waals surface area contributed by atoms with E-state index in [4.69, 9.17) is 32.7 Å². The molecule has 0 aromatic heterocycles. The molecule has 1 N–H and O–H groups in total. The van der Waals surface area contributed by atoms with Crippen LogP contribution in [0.3, 0.4) is 0 Å². The van der Waals surface area contributed by atoms with Crippen LogP contribution in [0.15, 0.2) is 42.5 Å². The van der Waals surface area contributed by atoms with Crippen LogP contribution in [0, 0.1) is 0 Å². The van der Waals surface area contributed by atoms with E-state index in [1.54, 1.807) is 37.4 Å². The molecular formula is C16H15Cl2NO3. The van der Waals surface area contributed by atoms with E-state index in [2.05, 4.69) is 5.32 Å². The Labute approximate surface area is 138 Å². The molecule has 0 aliphatic carbocycles. The number of nitrogens with one attached hydrogen (secondary N) is 1. The predicted molar refractivity (Wildman–Crippen MR) is 88.2 cm³/mol. The van der Waals surface area contributed by atoms with E-state index in [0.29, 0.717) is 27.2 Å². The first kappa shape index (κ1) is 16.5. The van der Waals surface area contributed by atoms with Crippen molar-refractivity contribution in [3.8, 4) is 11.5 Å². The number of hydrogen-bond donors (Lipinski definition) is 1. The normalized spacial score (nSPS) is 10.1. The lowest BCUT2D eigenvalue weighted by atomic mass is 10.3. The monoisotopic (exact) mass is 339 g/mol. The van der Waals surface area contributed by atoms with Crippen molar-refractivity contribution in [3.05, 3.63) is 52.5 Å². The summed E-state index contributed by atoms with van der Waals surface area (Å²) in [4.78, 5) is 11.9. The average Bonchev–Trinajstić information content (AvgIpc) is 2.51. The Bertz CT molecular complexity index is 662. The van der Waals surface area contributed by atoms with Crippen LogP contribution in [0.1, 0.15) is 6.42 Å². The van der Waals surface area contributed by atoms with Gasteiger partial charge in [-0.1, -0.05) is 35.3 Å². The summed E-state index contributed by atoms with van der Waals surface area (Å²) in [6.07, 6.45) is 0.207. The molecule has 1 amide bonds. The van der Waals surface area contributed by atoms with Crippen LogP contribution >= 0.6 is 23.2 Å². The summed E-state index contributed by atoms with van der Waals surface area (Å²) < 4.78 is 10.7. The first-order valence-corrected chi connectivity index (χ1v) is 7.36. The van der Waals surface area contributed by atoms with Crippen molar-refractivity contribution in [3.63, 3.8) is 0 Å². The molecule has 2 aromatic rings. The third-order valence-electron chi connectivity index (χ3n) is 2.86. The van der Waals surface area contributed by atoms with Crippen molar-refractivity contribution in [2.24, 2.45) is 0 Å². The summed E-state index contributed by atoms with van der Waals surface area (Å²) in [6, 6.07) is 12.2. The van der Waals surface area contributed by atoms with Crippen LogP contribution in [0.4, 0.5) is 5.69 Å². The highest BCUT2D eigenvalue weighted by Crippen LogP contribution is 2.26. The molecule has 0 unspecified atom stereocenters. The van der Waals surface area contributed by atoms with Crippen LogP contribution in [0.5, 0.6) is 11.5 Å². The number of amides is 1. The summed E-state index contributed by atoms with van der Waals surface area (Å²) >= 11 is 11.7. The molecule has 6 heteroatoms. The lowest BCUT2D eigenvalue weighted by Crippen LogP contribution is -2.15. The molecule has 0 atom stereocenters. The molecule has 0 spiro atoms. The zero-order valence-corrected chi connectivity index (χ0v) is 13.4. The second-order valence-corrected chi connectivity index (χ2v) is 5.24. The van der Waals surface area contributed by atoms with Gasteiger partial charge in [0.15, 0.2) is 11.5 Å². The maximum atomic E-state index is 11.9. The zero-order valence-electron chi connectivity index (χ0n) is 11.9. The minimum atomic E-state index is -0.173. The van der Waals surface area contributed by atoms with E-state index in [1.165, 1.54) is 0 Å². The van der Waals surface area contributed by atoms with Gasteiger partial charge < -0.3 is 14.8 Å². The van der Waals surface area contributed by atoms with Gasteiger partial charge in [0.1, 0.15) is 0 Å². The first-order chi connectivity index (χ1) is 10.6. The second-order valence-electron chi connectivity index (χ2n) is 4.43. The van der Waals surface area contributed by atoms with Gasteiger partial charge in [-0.15, -0.1) is 0 Å². The number of hydrogen-bond acceptors (Lipinski definition) is 3. The number of anilines is 1. The average molecular weight is 340 g/mol. The highest BCUT2D eigenvalue weighted by atomic mass is 35.5. The van der Waals surface area contributed by atoms with E-state index in [1.807, 2.05) is 12.1 Å². The molecule has 22 heavy (non-hydrogen) atoms. The lowest BCUT2D eigenvalue weighted by Gasteiger charge is -2.10. The Morgan fingerprint density at radius 1 is 1.09 bits per heavy atom.